The zero-order chi connectivity index (χ0) is 12.7. The van der Waals surface area contributed by atoms with Gasteiger partial charge >= 0.3 is 0 Å². The first-order valence-electron chi connectivity index (χ1n) is 6.59. The van der Waals surface area contributed by atoms with Crippen molar-refractivity contribution in [2.24, 2.45) is 0 Å². The van der Waals surface area contributed by atoms with Crippen LogP contribution >= 0.6 is 27.5 Å². The molecule has 0 aromatic heterocycles. The number of halogens is 2. The summed E-state index contributed by atoms with van der Waals surface area (Å²) < 4.78 is 1.05. The number of hydrogen-bond acceptors (Lipinski definition) is 2. The lowest BCUT2D eigenvalue weighted by atomic mass is 9.97. The van der Waals surface area contributed by atoms with Crippen molar-refractivity contribution in [1.29, 1.82) is 0 Å². The molecule has 0 aliphatic carbocycles. The SMILES string of the molecule is CNC1CC2CCC(C1)N2c1ccc(Br)cc1Cl. The molecule has 2 saturated heterocycles. The lowest BCUT2D eigenvalue weighted by molar-refractivity contribution is 0.374. The molecule has 1 N–H and O–H groups in total. The van der Waals surface area contributed by atoms with E-state index in [0.717, 1.165) is 9.50 Å². The van der Waals surface area contributed by atoms with E-state index < -0.39 is 0 Å². The van der Waals surface area contributed by atoms with Crippen LogP contribution in [-0.2, 0) is 0 Å². The summed E-state index contributed by atoms with van der Waals surface area (Å²) in [5, 5.41) is 4.30. The molecular formula is C14H18BrClN2. The Hall–Kier alpha value is -0.250. The molecule has 3 rings (SSSR count). The van der Waals surface area contributed by atoms with Crippen molar-refractivity contribution in [3.05, 3.63) is 27.7 Å². The molecule has 0 saturated carbocycles. The summed E-state index contributed by atoms with van der Waals surface area (Å²) in [5.41, 5.74) is 1.21. The molecule has 0 radical (unpaired) electrons. The number of fused-ring (bicyclic) bond motifs is 2. The van der Waals surface area contributed by atoms with Crippen molar-refractivity contribution in [2.75, 3.05) is 11.9 Å². The van der Waals surface area contributed by atoms with Gasteiger partial charge in [-0.1, -0.05) is 27.5 Å². The number of nitrogens with one attached hydrogen (secondary N) is 1. The van der Waals surface area contributed by atoms with Gasteiger partial charge < -0.3 is 10.2 Å². The highest BCUT2D eigenvalue weighted by Gasteiger charge is 2.40. The number of rotatable bonds is 2. The Morgan fingerprint density at radius 2 is 1.94 bits per heavy atom. The van der Waals surface area contributed by atoms with Crippen molar-refractivity contribution in [3.63, 3.8) is 0 Å². The van der Waals surface area contributed by atoms with Crippen molar-refractivity contribution >= 4 is 33.2 Å². The fraction of sp³-hybridized carbons (Fsp3) is 0.571. The highest BCUT2D eigenvalue weighted by Crippen LogP contribution is 2.42. The predicted octanol–water partition coefficient (Wildman–Crippen LogP) is 3.82. The van der Waals surface area contributed by atoms with Crippen LogP contribution in [0.3, 0.4) is 0 Å². The van der Waals surface area contributed by atoms with Crippen LogP contribution in [0.25, 0.3) is 0 Å². The zero-order valence-electron chi connectivity index (χ0n) is 10.5. The third kappa shape index (κ3) is 2.17. The number of piperidine rings is 1. The van der Waals surface area contributed by atoms with Gasteiger partial charge in [-0.25, -0.2) is 0 Å². The highest BCUT2D eigenvalue weighted by atomic mass is 79.9. The molecule has 2 fully saturated rings. The normalized spacial score (nSPS) is 30.8. The molecule has 2 nitrogen and oxygen atoms in total. The Morgan fingerprint density at radius 3 is 2.50 bits per heavy atom. The van der Waals surface area contributed by atoms with Gasteiger partial charge in [0.05, 0.1) is 10.7 Å². The average molecular weight is 330 g/mol. The van der Waals surface area contributed by atoms with Crippen LogP contribution in [0.1, 0.15) is 25.7 Å². The first-order valence-corrected chi connectivity index (χ1v) is 7.77. The third-order valence-electron chi connectivity index (χ3n) is 4.33. The molecule has 0 amide bonds. The molecule has 2 heterocycles. The molecule has 0 spiro atoms. The highest BCUT2D eigenvalue weighted by molar-refractivity contribution is 9.10. The maximum atomic E-state index is 6.40. The second kappa shape index (κ2) is 5.03. The summed E-state index contributed by atoms with van der Waals surface area (Å²) in [4.78, 5) is 2.56. The Kier molecular flexibility index (Phi) is 3.57. The van der Waals surface area contributed by atoms with E-state index in [4.69, 9.17) is 11.6 Å². The van der Waals surface area contributed by atoms with E-state index in [1.54, 1.807) is 0 Å². The van der Waals surface area contributed by atoms with Gasteiger partial charge in [-0.3, -0.25) is 0 Å². The van der Waals surface area contributed by atoms with Crippen LogP contribution in [0.2, 0.25) is 5.02 Å². The smallest absolute Gasteiger partial charge is 0.0650 e. The van der Waals surface area contributed by atoms with E-state index in [-0.39, 0.29) is 0 Å². The summed E-state index contributed by atoms with van der Waals surface area (Å²) >= 11 is 9.88. The summed E-state index contributed by atoms with van der Waals surface area (Å²) in [6.45, 7) is 0. The van der Waals surface area contributed by atoms with Crippen molar-refractivity contribution in [3.8, 4) is 0 Å². The molecule has 1 aromatic rings. The van der Waals surface area contributed by atoms with Crippen LogP contribution in [-0.4, -0.2) is 25.2 Å². The molecule has 98 valence electrons. The molecular weight excluding hydrogens is 312 g/mol. The molecule has 2 unspecified atom stereocenters. The Morgan fingerprint density at radius 1 is 1.28 bits per heavy atom. The minimum atomic E-state index is 0.653. The maximum absolute atomic E-state index is 6.40. The fourth-order valence-corrected chi connectivity index (χ4v) is 4.27. The van der Waals surface area contributed by atoms with Crippen LogP contribution < -0.4 is 10.2 Å². The quantitative estimate of drug-likeness (QED) is 0.887. The second-order valence-corrected chi connectivity index (χ2v) is 6.67. The number of anilines is 1. The fourth-order valence-electron chi connectivity index (χ4n) is 3.50. The van der Waals surface area contributed by atoms with Gasteiger partial charge in [0.15, 0.2) is 0 Å². The number of benzene rings is 1. The summed E-state index contributed by atoms with van der Waals surface area (Å²) in [6, 6.07) is 8.22. The number of nitrogens with zero attached hydrogens (tertiary/aromatic N) is 1. The first-order chi connectivity index (χ1) is 8.69. The van der Waals surface area contributed by atoms with Crippen LogP contribution in [0, 0.1) is 0 Å². The van der Waals surface area contributed by atoms with E-state index in [9.17, 15) is 0 Å². The summed E-state index contributed by atoms with van der Waals surface area (Å²) in [7, 11) is 2.08. The third-order valence-corrected chi connectivity index (χ3v) is 5.13. The van der Waals surface area contributed by atoms with Gasteiger partial charge in [0, 0.05) is 22.6 Å². The van der Waals surface area contributed by atoms with Crippen LogP contribution in [0.4, 0.5) is 5.69 Å². The minimum absolute atomic E-state index is 0.653. The second-order valence-electron chi connectivity index (χ2n) is 5.35. The van der Waals surface area contributed by atoms with Crippen molar-refractivity contribution in [1.82, 2.24) is 5.32 Å². The Balaban J connectivity index is 1.89. The molecule has 2 aliphatic rings. The van der Waals surface area contributed by atoms with Gasteiger partial charge in [0.2, 0.25) is 0 Å². The van der Waals surface area contributed by atoms with E-state index >= 15 is 0 Å². The molecule has 2 atom stereocenters. The lowest BCUT2D eigenvalue weighted by Crippen LogP contribution is -2.48. The Bertz CT molecular complexity index is 437. The van der Waals surface area contributed by atoms with E-state index in [1.807, 2.05) is 6.07 Å². The minimum Gasteiger partial charge on any atom is -0.364 e. The molecule has 1 aromatic carbocycles. The van der Waals surface area contributed by atoms with Gasteiger partial charge in [0.25, 0.3) is 0 Å². The maximum Gasteiger partial charge on any atom is 0.0650 e. The Labute approximate surface area is 122 Å². The molecule has 2 aliphatic heterocycles. The van der Waals surface area contributed by atoms with E-state index in [2.05, 4.69) is 45.3 Å². The van der Waals surface area contributed by atoms with Crippen molar-refractivity contribution in [2.45, 2.75) is 43.8 Å². The summed E-state index contributed by atoms with van der Waals surface area (Å²) in [5.74, 6) is 0. The van der Waals surface area contributed by atoms with Gasteiger partial charge in [-0.15, -0.1) is 0 Å². The zero-order valence-corrected chi connectivity index (χ0v) is 12.8. The predicted molar refractivity (Wildman–Crippen MR) is 80.5 cm³/mol. The largest absolute Gasteiger partial charge is 0.364 e. The molecule has 2 bridgehead atoms. The van der Waals surface area contributed by atoms with Gasteiger partial charge in [-0.05, 0) is 50.9 Å². The average Bonchev–Trinajstić information content (AvgIpc) is 2.60. The van der Waals surface area contributed by atoms with Crippen LogP contribution in [0.5, 0.6) is 0 Å². The first kappa shape index (κ1) is 12.8. The van der Waals surface area contributed by atoms with E-state index in [0.29, 0.717) is 18.1 Å². The lowest BCUT2D eigenvalue weighted by Gasteiger charge is -2.41. The topological polar surface area (TPSA) is 15.3 Å². The number of hydrogen-bond donors (Lipinski definition) is 1. The van der Waals surface area contributed by atoms with Gasteiger partial charge in [0.1, 0.15) is 0 Å². The molecule has 18 heavy (non-hydrogen) atoms. The standard InChI is InChI=1S/C14H18BrClN2/c1-17-10-7-11-3-4-12(8-10)18(11)14-5-2-9(15)6-13(14)16/h2,5-6,10-12,17H,3-4,7-8H2,1H3. The van der Waals surface area contributed by atoms with Gasteiger partial charge in [-0.2, -0.15) is 0 Å². The summed E-state index contributed by atoms with van der Waals surface area (Å²) in [6.07, 6.45) is 5.07. The monoisotopic (exact) mass is 328 g/mol. The van der Waals surface area contributed by atoms with Crippen LogP contribution in [0.15, 0.2) is 22.7 Å². The van der Waals surface area contributed by atoms with Crippen molar-refractivity contribution < 1.29 is 0 Å². The van der Waals surface area contributed by atoms with E-state index in [1.165, 1.54) is 31.4 Å². The molecule has 4 heteroatoms.